The van der Waals surface area contributed by atoms with Crippen LogP contribution in [-0.4, -0.2) is 36.5 Å². The number of benzene rings is 1. The molecule has 5 heteroatoms. The van der Waals surface area contributed by atoms with Gasteiger partial charge in [0.05, 0.1) is 7.11 Å². The number of halogens is 1. The molecule has 0 N–H and O–H groups in total. The summed E-state index contributed by atoms with van der Waals surface area (Å²) in [5.74, 6) is -0.448. The standard InChI is InChI=1S/C15H18INO3/c1-20-14(18)10-17(13-7-2-3-8-13)15(19)11-5-4-6-12(16)9-11/h4-6,9,13H,2-3,7-8,10H2,1H3. The van der Waals surface area contributed by atoms with E-state index in [0.717, 1.165) is 29.3 Å². The predicted octanol–water partition coefficient (Wildman–Crippen LogP) is 2.85. The van der Waals surface area contributed by atoms with E-state index in [1.54, 1.807) is 11.0 Å². The molecular weight excluding hydrogens is 369 g/mol. The van der Waals surface area contributed by atoms with Crippen molar-refractivity contribution in [2.75, 3.05) is 13.7 Å². The molecule has 0 bridgehead atoms. The number of esters is 1. The SMILES string of the molecule is COC(=O)CN(C(=O)c1cccc(I)c1)C1CCCC1. The minimum atomic E-state index is -0.365. The zero-order chi connectivity index (χ0) is 14.5. The largest absolute Gasteiger partial charge is 0.468 e. The van der Waals surface area contributed by atoms with E-state index in [2.05, 4.69) is 22.6 Å². The van der Waals surface area contributed by atoms with Crippen molar-refractivity contribution >= 4 is 34.5 Å². The summed E-state index contributed by atoms with van der Waals surface area (Å²) in [6.45, 7) is 0.0332. The van der Waals surface area contributed by atoms with E-state index in [9.17, 15) is 9.59 Å². The molecule has 1 aromatic rings. The maximum absolute atomic E-state index is 12.7. The van der Waals surface area contributed by atoms with Crippen LogP contribution >= 0.6 is 22.6 Å². The van der Waals surface area contributed by atoms with Gasteiger partial charge in [-0.05, 0) is 53.6 Å². The van der Waals surface area contributed by atoms with Crippen LogP contribution in [0.3, 0.4) is 0 Å². The predicted molar refractivity (Wildman–Crippen MR) is 84.5 cm³/mol. The molecule has 1 aliphatic rings. The Morgan fingerprint density at radius 2 is 2.05 bits per heavy atom. The van der Waals surface area contributed by atoms with E-state index in [0.29, 0.717) is 5.56 Å². The molecule has 0 aliphatic heterocycles. The fourth-order valence-electron chi connectivity index (χ4n) is 2.57. The lowest BCUT2D eigenvalue weighted by Gasteiger charge is -2.28. The third-order valence-corrected chi connectivity index (χ3v) is 4.30. The first-order valence-electron chi connectivity index (χ1n) is 6.75. The van der Waals surface area contributed by atoms with Crippen molar-refractivity contribution < 1.29 is 14.3 Å². The summed E-state index contributed by atoms with van der Waals surface area (Å²) in [4.78, 5) is 25.9. The quantitative estimate of drug-likeness (QED) is 0.590. The molecule has 20 heavy (non-hydrogen) atoms. The molecule has 0 unspecified atom stereocenters. The van der Waals surface area contributed by atoms with Crippen molar-refractivity contribution in [1.29, 1.82) is 0 Å². The van der Waals surface area contributed by atoms with Crippen LogP contribution in [0.15, 0.2) is 24.3 Å². The molecule has 0 atom stereocenters. The van der Waals surface area contributed by atoms with E-state index in [1.165, 1.54) is 7.11 Å². The number of rotatable bonds is 4. The second-order valence-corrected chi connectivity index (χ2v) is 6.20. The summed E-state index contributed by atoms with van der Waals surface area (Å²) in [7, 11) is 1.35. The van der Waals surface area contributed by atoms with Gasteiger partial charge in [0.15, 0.2) is 0 Å². The van der Waals surface area contributed by atoms with E-state index in [-0.39, 0.29) is 24.5 Å². The minimum Gasteiger partial charge on any atom is -0.468 e. The molecule has 1 saturated carbocycles. The Hall–Kier alpha value is -1.11. The molecule has 1 aliphatic carbocycles. The van der Waals surface area contributed by atoms with Crippen molar-refractivity contribution in [2.24, 2.45) is 0 Å². The number of hydrogen-bond acceptors (Lipinski definition) is 3. The molecule has 108 valence electrons. The van der Waals surface area contributed by atoms with Crippen molar-refractivity contribution in [3.63, 3.8) is 0 Å². The Balaban J connectivity index is 2.20. The van der Waals surface area contributed by atoms with Gasteiger partial charge in [0.2, 0.25) is 0 Å². The molecule has 1 fully saturated rings. The molecule has 2 rings (SSSR count). The maximum atomic E-state index is 12.7. The van der Waals surface area contributed by atoms with Crippen LogP contribution in [0.1, 0.15) is 36.0 Å². The second-order valence-electron chi connectivity index (χ2n) is 4.96. The first-order valence-corrected chi connectivity index (χ1v) is 7.83. The first-order chi connectivity index (χ1) is 9.61. The van der Waals surface area contributed by atoms with Gasteiger partial charge >= 0.3 is 5.97 Å². The summed E-state index contributed by atoms with van der Waals surface area (Å²) < 4.78 is 5.73. The fraction of sp³-hybridized carbons (Fsp3) is 0.467. The molecule has 1 aromatic carbocycles. The van der Waals surface area contributed by atoms with Gasteiger partial charge in [-0.15, -0.1) is 0 Å². The lowest BCUT2D eigenvalue weighted by molar-refractivity contribution is -0.141. The summed E-state index contributed by atoms with van der Waals surface area (Å²) in [6.07, 6.45) is 4.16. The van der Waals surface area contributed by atoms with Crippen LogP contribution < -0.4 is 0 Å². The first kappa shape index (κ1) is 15.3. The van der Waals surface area contributed by atoms with Gasteiger partial charge in [-0.2, -0.15) is 0 Å². The molecular formula is C15H18INO3. The van der Waals surface area contributed by atoms with Crippen molar-refractivity contribution in [1.82, 2.24) is 4.90 Å². The highest BCUT2D eigenvalue weighted by molar-refractivity contribution is 14.1. The molecule has 1 amide bonds. The van der Waals surface area contributed by atoms with Crippen LogP contribution in [-0.2, 0) is 9.53 Å². The number of carbonyl (C=O) groups is 2. The summed E-state index contributed by atoms with van der Waals surface area (Å²) in [6, 6.07) is 7.60. The number of ether oxygens (including phenoxy) is 1. The van der Waals surface area contributed by atoms with Crippen LogP contribution in [0, 0.1) is 3.57 Å². The highest BCUT2D eigenvalue weighted by Gasteiger charge is 2.29. The van der Waals surface area contributed by atoms with Crippen LogP contribution in [0.4, 0.5) is 0 Å². The van der Waals surface area contributed by atoms with Crippen LogP contribution in [0.2, 0.25) is 0 Å². The van der Waals surface area contributed by atoms with Crippen LogP contribution in [0.25, 0.3) is 0 Å². The minimum absolute atomic E-state index is 0.0332. The lowest BCUT2D eigenvalue weighted by Crippen LogP contribution is -2.42. The van der Waals surface area contributed by atoms with Gasteiger partial charge in [0.1, 0.15) is 6.54 Å². The number of nitrogens with zero attached hydrogens (tertiary/aromatic N) is 1. The van der Waals surface area contributed by atoms with E-state index in [1.807, 2.05) is 18.2 Å². The Kier molecular flexibility index (Phi) is 5.39. The van der Waals surface area contributed by atoms with Gasteiger partial charge in [-0.3, -0.25) is 9.59 Å². The molecule has 4 nitrogen and oxygen atoms in total. The molecule has 0 radical (unpaired) electrons. The highest BCUT2D eigenvalue weighted by Crippen LogP contribution is 2.25. The molecule has 0 saturated heterocycles. The third kappa shape index (κ3) is 3.71. The Bertz CT molecular complexity index is 498. The van der Waals surface area contributed by atoms with E-state index < -0.39 is 0 Å². The van der Waals surface area contributed by atoms with Crippen molar-refractivity contribution in [2.45, 2.75) is 31.7 Å². The fourth-order valence-corrected chi connectivity index (χ4v) is 3.12. The summed E-state index contributed by atoms with van der Waals surface area (Å²) in [5, 5.41) is 0. The van der Waals surface area contributed by atoms with Gasteiger partial charge in [-0.1, -0.05) is 18.9 Å². The zero-order valence-electron chi connectivity index (χ0n) is 11.5. The van der Waals surface area contributed by atoms with Gasteiger partial charge in [0.25, 0.3) is 5.91 Å². The topological polar surface area (TPSA) is 46.6 Å². The summed E-state index contributed by atoms with van der Waals surface area (Å²) >= 11 is 2.18. The Labute approximate surface area is 132 Å². The average molecular weight is 387 g/mol. The lowest BCUT2D eigenvalue weighted by atomic mass is 10.1. The zero-order valence-corrected chi connectivity index (χ0v) is 13.6. The number of carbonyl (C=O) groups excluding carboxylic acids is 2. The van der Waals surface area contributed by atoms with E-state index in [4.69, 9.17) is 4.74 Å². The van der Waals surface area contributed by atoms with Crippen molar-refractivity contribution in [3.8, 4) is 0 Å². The average Bonchev–Trinajstić information content (AvgIpc) is 2.97. The Morgan fingerprint density at radius 1 is 1.35 bits per heavy atom. The summed E-state index contributed by atoms with van der Waals surface area (Å²) in [5.41, 5.74) is 0.632. The molecule has 0 heterocycles. The highest BCUT2D eigenvalue weighted by atomic mass is 127. The smallest absolute Gasteiger partial charge is 0.325 e. The molecule has 0 spiro atoms. The number of methoxy groups -OCH3 is 1. The number of amides is 1. The van der Waals surface area contributed by atoms with Crippen LogP contribution in [0.5, 0.6) is 0 Å². The number of hydrogen-bond donors (Lipinski definition) is 0. The monoisotopic (exact) mass is 387 g/mol. The van der Waals surface area contributed by atoms with E-state index >= 15 is 0 Å². The van der Waals surface area contributed by atoms with Gasteiger partial charge in [0, 0.05) is 15.2 Å². The van der Waals surface area contributed by atoms with Gasteiger partial charge < -0.3 is 9.64 Å². The maximum Gasteiger partial charge on any atom is 0.325 e. The second kappa shape index (κ2) is 7.06. The third-order valence-electron chi connectivity index (χ3n) is 3.63. The normalized spacial score (nSPS) is 15.1. The Morgan fingerprint density at radius 3 is 2.65 bits per heavy atom. The van der Waals surface area contributed by atoms with Gasteiger partial charge in [-0.25, -0.2) is 0 Å². The molecule has 0 aromatic heterocycles. The van der Waals surface area contributed by atoms with Crippen molar-refractivity contribution in [3.05, 3.63) is 33.4 Å².